The van der Waals surface area contributed by atoms with Gasteiger partial charge in [-0.2, -0.15) is 0 Å². The monoisotopic (exact) mass is 428 g/mol. The number of amides is 2. The van der Waals surface area contributed by atoms with Crippen molar-refractivity contribution < 1.29 is 14.3 Å². The second kappa shape index (κ2) is 10.7. The average Bonchev–Trinajstić information content (AvgIpc) is 3.16. The van der Waals surface area contributed by atoms with Gasteiger partial charge in [-0.05, 0) is 29.8 Å². The first-order valence-electron chi connectivity index (χ1n) is 8.84. The number of methoxy groups -OCH3 is 1. The third kappa shape index (κ3) is 6.67. The van der Waals surface area contributed by atoms with Crippen LogP contribution in [-0.2, 0) is 16.0 Å². The lowest BCUT2D eigenvalue weighted by molar-refractivity contribution is -0.115. The van der Waals surface area contributed by atoms with Gasteiger partial charge in [0, 0.05) is 24.1 Å². The molecule has 150 valence electrons. The summed E-state index contributed by atoms with van der Waals surface area (Å²) in [7, 11) is 1.65. The lowest BCUT2D eigenvalue weighted by atomic mass is 10.1. The van der Waals surface area contributed by atoms with Crippen molar-refractivity contribution in [1.82, 2.24) is 10.2 Å². The number of thioether (sulfide) groups is 1. The van der Waals surface area contributed by atoms with Gasteiger partial charge >= 0.3 is 0 Å². The quantitative estimate of drug-likeness (QED) is 0.307. The van der Waals surface area contributed by atoms with Crippen LogP contribution in [0.15, 0.2) is 58.9 Å². The number of hydrogen-bond acceptors (Lipinski definition) is 7. The van der Waals surface area contributed by atoms with Crippen LogP contribution in [0.1, 0.15) is 15.9 Å². The van der Waals surface area contributed by atoms with Crippen molar-refractivity contribution in [1.29, 1.82) is 0 Å². The Bertz CT molecular complexity index is 946. The van der Waals surface area contributed by atoms with Crippen LogP contribution < -0.4 is 10.6 Å². The van der Waals surface area contributed by atoms with Gasteiger partial charge in [0.1, 0.15) is 0 Å². The molecule has 0 spiro atoms. The highest BCUT2D eigenvalue weighted by atomic mass is 32.2. The molecule has 29 heavy (non-hydrogen) atoms. The van der Waals surface area contributed by atoms with E-state index in [1.807, 2.05) is 30.3 Å². The SMILES string of the molecule is COCCSc1nnc(NC(=O)c2ccc(NC(=O)Cc3ccccc3)cc2)s1. The second-order valence-electron chi connectivity index (χ2n) is 5.96. The molecule has 0 fully saturated rings. The summed E-state index contributed by atoms with van der Waals surface area (Å²) in [4.78, 5) is 24.5. The zero-order valence-electron chi connectivity index (χ0n) is 15.8. The van der Waals surface area contributed by atoms with Crippen LogP contribution in [0, 0.1) is 0 Å². The van der Waals surface area contributed by atoms with Crippen LogP contribution in [0.25, 0.3) is 0 Å². The summed E-state index contributed by atoms with van der Waals surface area (Å²) in [5, 5.41) is 14.0. The van der Waals surface area contributed by atoms with Gasteiger partial charge in [-0.15, -0.1) is 10.2 Å². The molecule has 0 saturated carbocycles. The smallest absolute Gasteiger partial charge is 0.257 e. The van der Waals surface area contributed by atoms with E-state index in [2.05, 4.69) is 20.8 Å². The predicted molar refractivity (Wildman–Crippen MR) is 116 cm³/mol. The maximum atomic E-state index is 12.4. The number of benzene rings is 2. The molecule has 7 nitrogen and oxygen atoms in total. The highest BCUT2D eigenvalue weighted by Crippen LogP contribution is 2.25. The van der Waals surface area contributed by atoms with Crippen LogP contribution >= 0.6 is 23.1 Å². The molecule has 3 aromatic rings. The van der Waals surface area contributed by atoms with Gasteiger partial charge in [0.2, 0.25) is 11.0 Å². The van der Waals surface area contributed by atoms with E-state index >= 15 is 0 Å². The summed E-state index contributed by atoms with van der Waals surface area (Å²) in [6, 6.07) is 16.2. The molecule has 9 heteroatoms. The molecule has 0 aliphatic heterocycles. The first-order valence-corrected chi connectivity index (χ1v) is 10.6. The molecule has 2 N–H and O–H groups in total. The third-order valence-corrected chi connectivity index (χ3v) is 5.71. The fourth-order valence-electron chi connectivity index (χ4n) is 2.39. The van der Waals surface area contributed by atoms with Crippen LogP contribution in [0.3, 0.4) is 0 Å². The molecule has 0 unspecified atom stereocenters. The first-order chi connectivity index (χ1) is 14.1. The predicted octanol–water partition coefficient (Wildman–Crippen LogP) is 3.71. The second-order valence-corrected chi connectivity index (χ2v) is 8.28. The normalized spacial score (nSPS) is 10.5. The molecular weight excluding hydrogens is 408 g/mol. The standard InChI is InChI=1S/C20H20N4O3S2/c1-27-11-12-28-20-24-23-19(29-20)22-18(26)15-7-9-16(10-8-15)21-17(25)13-14-5-3-2-4-6-14/h2-10H,11-13H2,1H3,(H,21,25)(H,22,23,26). The molecule has 2 aromatic carbocycles. The van der Waals surface area contributed by atoms with E-state index in [0.29, 0.717) is 29.4 Å². The largest absolute Gasteiger partial charge is 0.384 e. The minimum atomic E-state index is -0.281. The maximum absolute atomic E-state index is 12.4. The molecule has 0 saturated heterocycles. The minimum absolute atomic E-state index is 0.110. The number of ether oxygens (including phenoxy) is 1. The maximum Gasteiger partial charge on any atom is 0.257 e. The van der Waals surface area contributed by atoms with E-state index in [0.717, 1.165) is 15.7 Å². The summed E-state index contributed by atoms with van der Waals surface area (Å²) < 4.78 is 5.77. The summed E-state index contributed by atoms with van der Waals surface area (Å²) in [5.41, 5.74) is 2.04. The first kappa shape index (κ1) is 21.0. The third-order valence-electron chi connectivity index (χ3n) is 3.78. The van der Waals surface area contributed by atoms with Gasteiger partial charge in [0.15, 0.2) is 4.34 Å². The van der Waals surface area contributed by atoms with Gasteiger partial charge < -0.3 is 10.1 Å². The number of nitrogens with zero attached hydrogens (tertiary/aromatic N) is 2. The highest BCUT2D eigenvalue weighted by molar-refractivity contribution is 8.01. The average molecular weight is 429 g/mol. The van der Waals surface area contributed by atoms with Crippen molar-refractivity contribution in [2.45, 2.75) is 10.8 Å². The minimum Gasteiger partial charge on any atom is -0.384 e. The molecule has 1 aromatic heterocycles. The Kier molecular flexibility index (Phi) is 7.74. The molecule has 0 aliphatic carbocycles. The number of carbonyl (C=O) groups is 2. The number of aromatic nitrogens is 2. The number of carbonyl (C=O) groups excluding carboxylic acids is 2. The topological polar surface area (TPSA) is 93.2 Å². The molecule has 0 radical (unpaired) electrons. The van der Waals surface area contributed by atoms with Crippen LogP contribution in [0.4, 0.5) is 10.8 Å². The van der Waals surface area contributed by atoms with E-state index in [-0.39, 0.29) is 11.8 Å². The van der Waals surface area contributed by atoms with Gasteiger partial charge in [0.25, 0.3) is 5.91 Å². The van der Waals surface area contributed by atoms with Crippen molar-refractivity contribution in [2.75, 3.05) is 30.1 Å². The van der Waals surface area contributed by atoms with Crippen LogP contribution in [0.5, 0.6) is 0 Å². The molecule has 1 heterocycles. The highest BCUT2D eigenvalue weighted by Gasteiger charge is 2.11. The number of hydrogen-bond donors (Lipinski definition) is 2. The Morgan fingerprint density at radius 1 is 1.03 bits per heavy atom. The van der Waals surface area contributed by atoms with E-state index in [4.69, 9.17) is 4.74 Å². The zero-order valence-corrected chi connectivity index (χ0v) is 17.4. The molecule has 0 atom stereocenters. The van der Waals surface area contributed by atoms with E-state index in [1.165, 1.54) is 23.1 Å². The summed E-state index contributed by atoms with van der Waals surface area (Å²) in [6.07, 6.45) is 0.296. The number of nitrogens with one attached hydrogen (secondary N) is 2. The van der Waals surface area contributed by atoms with Crippen molar-refractivity contribution in [3.63, 3.8) is 0 Å². The number of rotatable bonds is 9. The summed E-state index contributed by atoms with van der Waals surface area (Å²) in [6.45, 7) is 0.625. The number of anilines is 2. The van der Waals surface area contributed by atoms with E-state index < -0.39 is 0 Å². The van der Waals surface area contributed by atoms with Crippen molar-refractivity contribution in [3.05, 3.63) is 65.7 Å². The molecule has 0 aliphatic rings. The van der Waals surface area contributed by atoms with Crippen LogP contribution in [-0.4, -0.2) is 41.5 Å². The molecule has 3 rings (SSSR count). The van der Waals surface area contributed by atoms with Gasteiger partial charge in [0.05, 0.1) is 13.0 Å². The zero-order chi connectivity index (χ0) is 20.5. The van der Waals surface area contributed by atoms with Crippen molar-refractivity contribution >= 4 is 45.7 Å². The lowest BCUT2D eigenvalue weighted by Crippen LogP contribution is -2.15. The Morgan fingerprint density at radius 3 is 2.52 bits per heavy atom. The Hall–Kier alpha value is -2.75. The fraction of sp³-hybridized carbons (Fsp3) is 0.200. The Morgan fingerprint density at radius 2 is 1.79 bits per heavy atom. The van der Waals surface area contributed by atoms with Crippen molar-refractivity contribution in [3.8, 4) is 0 Å². The van der Waals surface area contributed by atoms with E-state index in [9.17, 15) is 9.59 Å². The van der Waals surface area contributed by atoms with Gasteiger partial charge in [-0.1, -0.05) is 53.4 Å². The Labute approximate surface area is 176 Å². The molecule has 2 amide bonds. The fourth-order valence-corrected chi connectivity index (χ4v) is 4.11. The Balaban J connectivity index is 1.51. The van der Waals surface area contributed by atoms with E-state index in [1.54, 1.807) is 31.4 Å². The van der Waals surface area contributed by atoms with Gasteiger partial charge in [-0.3, -0.25) is 14.9 Å². The van der Waals surface area contributed by atoms with Crippen molar-refractivity contribution in [2.24, 2.45) is 0 Å². The molecular formula is C20H20N4O3S2. The van der Waals surface area contributed by atoms with Crippen LogP contribution in [0.2, 0.25) is 0 Å². The lowest BCUT2D eigenvalue weighted by Gasteiger charge is -2.07. The molecule has 0 bridgehead atoms. The summed E-state index contributed by atoms with van der Waals surface area (Å²) >= 11 is 2.84. The van der Waals surface area contributed by atoms with Gasteiger partial charge in [-0.25, -0.2) is 0 Å². The summed E-state index contributed by atoms with van der Waals surface area (Å²) in [5.74, 6) is 0.383.